The molecule has 26 heavy (non-hydrogen) atoms. The topological polar surface area (TPSA) is 53.0 Å². The minimum Gasteiger partial charge on any atom is -0.397 e. The van der Waals surface area contributed by atoms with Gasteiger partial charge < -0.3 is 10.6 Å². The summed E-state index contributed by atoms with van der Waals surface area (Å²) >= 11 is 0. The van der Waals surface area contributed by atoms with Crippen molar-refractivity contribution in [3.05, 3.63) is 35.9 Å². The highest BCUT2D eigenvalue weighted by molar-refractivity contribution is 5.70. The van der Waals surface area contributed by atoms with Crippen LogP contribution in [0, 0.1) is 11.3 Å². The Morgan fingerprint density at radius 3 is 2.50 bits per heavy atom. The highest BCUT2D eigenvalue weighted by atomic mass is 19.3. The van der Waals surface area contributed by atoms with Crippen LogP contribution in [-0.2, 0) is 5.41 Å². The lowest BCUT2D eigenvalue weighted by atomic mass is 9.81. The fourth-order valence-electron chi connectivity index (χ4n) is 3.55. The number of hydrogen-bond donors (Lipinski definition) is 1. The lowest BCUT2D eigenvalue weighted by molar-refractivity contribution is -0.0379. The quantitative estimate of drug-likeness (QED) is 0.544. The smallest absolute Gasteiger partial charge is 0.248 e. The number of anilines is 2. The van der Waals surface area contributed by atoms with E-state index in [1.807, 2.05) is 39.0 Å². The number of nitrogens with zero attached hydrogens (tertiary/aromatic N) is 2. The summed E-state index contributed by atoms with van der Waals surface area (Å²) in [7, 11) is 0. The van der Waals surface area contributed by atoms with E-state index in [-0.39, 0.29) is 18.9 Å². The summed E-state index contributed by atoms with van der Waals surface area (Å²) < 4.78 is 27.1. The molecule has 0 heterocycles. The molecule has 1 aliphatic rings. The molecule has 2 rings (SSSR count). The molecular formula is C21H29F2N3. The number of rotatable bonds is 6. The number of halogens is 2. The Kier molecular flexibility index (Phi) is 5.95. The van der Waals surface area contributed by atoms with Crippen molar-refractivity contribution in [1.29, 1.82) is 5.26 Å². The van der Waals surface area contributed by atoms with Crippen molar-refractivity contribution in [2.24, 2.45) is 0 Å². The summed E-state index contributed by atoms with van der Waals surface area (Å²) in [5.74, 6) is -2.56. The van der Waals surface area contributed by atoms with Crippen molar-refractivity contribution >= 4 is 11.4 Å². The Hall–Kier alpha value is -2.09. The second kappa shape index (κ2) is 7.65. The van der Waals surface area contributed by atoms with Crippen molar-refractivity contribution in [2.45, 2.75) is 70.3 Å². The van der Waals surface area contributed by atoms with E-state index in [0.29, 0.717) is 31.5 Å². The van der Waals surface area contributed by atoms with Gasteiger partial charge in [-0.15, -0.1) is 0 Å². The summed E-state index contributed by atoms with van der Waals surface area (Å²) in [4.78, 5) is 2.10. The maximum Gasteiger partial charge on any atom is 0.248 e. The van der Waals surface area contributed by atoms with Crippen molar-refractivity contribution < 1.29 is 8.78 Å². The largest absolute Gasteiger partial charge is 0.397 e. The molecule has 0 amide bonds. The van der Waals surface area contributed by atoms with Gasteiger partial charge in [0.05, 0.1) is 22.9 Å². The average molecular weight is 361 g/mol. The van der Waals surface area contributed by atoms with Crippen LogP contribution in [-0.4, -0.2) is 18.5 Å². The molecule has 0 radical (unpaired) electrons. The third-order valence-electron chi connectivity index (χ3n) is 5.50. The molecule has 5 heteroatoms. The second-order valence-corrected chi connectivity index (χ2v) is 7.74. The van der Waals surface area contributed by atoms with Gasteiger partial charge in [0.15, 0.2) is 0 Å². The normalized spacial score (nSPS) is 19.4. The number of nitriles is 1. The summed E-state index contributed by atoms with van der Waals surface area (Å²) in [6.45, 7) is 10.4. The van der Waals surface area contributed by atoms with Crippen LogP contribution in [0.5, 0.6) is 0 Å². The van der Waals surface area contributed by atoms with Crippen LogP contribution in [0.2, 0.25) is 0 Å². The van der Waals surface area contributed by atoms with Gasteiger partial charge in [0.25, 0.3) is 0 Å². The Balaban J connectivity index is 2.34. The van der Waals surface area contributed by atoms with E-state index < -0.39 is 11.3 Å². The van der Waals surface area contributed by atoms with Crippen LogP contribution in [0.1, 0.15) is 58.4 Å². The molecule has 142 valence electrons. The molecule has 2 N–H and O–H groups in total. The maximum atomic E-state index is 13.6. The van der Waals surface area contributed by atoms with E-state index in [0.717, 1.165) is 16.8 Å². The minimum absolute atomic E-state index is 0.0213. The Bertz CT molecular complexity index is 698. The Morgan fingerprint density at radius 2 is 2.04 bits per heavy atom. The summed E-state index contributed by atoms with van der Waals surface area (Å²) in [5.41, 5.74) is 9.01. The summed E-state index contributed by atoms with van der Waals surface area (Å²) in [5, 5.41) is 9.50. The Labute approximate surface area is 155 Å². The van der Waals surface area contributed by atoms with E-state index in [9.17, 15) is 14.0 Å². The minimum atomic E-state index is -2.56. The average Bonchev–Trinajstić information content (AvgIpc) is 2.59. The van der Waals surface area contributed by atoms with Crippen LogP contribution in [0.3, 0.4) is 0 Å². The van der Waals surface area contributed by atoms with Gasteiger partial charge in [-0.3, -0.25) is 0 Å². The van der Waals surface area contributed by atoms with Gasteiger partial charge in [-0.05, 0) is 50.8 Å². The fourth-order valence-corrected chi connectivity index (χ4v) is 3.55. The highest BCUT2D eigenvalue weighted by Crippen LogP contribution is 2.39. The number of hydrogen-bond acceptors (Lipinski definition) is 3. The van der Waals surface area contributed by atoms with Gasteiger partial charge in [-0.1, -0.05) is 25.1 Å². The first kappa shape index (κ1) is 20.2. The van der Waals surface area contributed by atoms with E-state index in [2.05, 4.69) is 17.5 Å². The maximum absolute atomic E-state index is 13.6. The third-order valence-corrected chi connectivity index (χ3v) is 5.50. The number of alkyl halides is 2. The first-order valence-corrected chi connectivity index (χ1v) is 9.22. The van der Waals surface area contributed by atoms with Gasteiger partial charge in [0.1, 0.15) is 0 Å². The van der Waals surface area contributed by atoms with E-state index in [4.69, 9.17) is 5.73 Å². The fraction of sp³-hybridized carbons (Fsp3) is 0.571. The van der Waals surface area contributed by atoms with Gasteiger partial charge in [-0.25, -0.2) is 8.78 Å². The SMILES string of the molecule is C=C(C)CN(c1ccc(C(C)(C#N)CC)cc1N)C1CCC(F)(F)CC1. The zero-order valence-electron chi connectivity index (χ0n) is 16.0. The van der Waals surface area contributed by atoms with Gasteiger partial charge in [-0.2, -0.15) is 5.26 Å². The van der Waals surface area contributed by atoms with Gasteiger partial charge in [0, 0.05) is 25.4 Å². The Morgan fingerprint density at radius 1 is 1.42 bits per heavy atom. The molecule has 0 bridgehead atoms. The molecule has 1 aromatic rings. The van der Waals surface area contributed by atoms with Crippen molar-refractivity contribution in [3.8, 4) is 6.07 Å². The molecule has 0 aliphatic heterocycles. The molecule has 0 aromatic heterocycles. The monoisotopic (exact) mass is 361 g/mol. The van der Waals surface area contributed by atoms with E-state index >= 15 is 0 Å². The molecule has 1 unspecified atom stereocenters. The molecular weight excluding hydrogens is 332 g/mol. The molecule has 1 aliphatic carbocycles. The zero-order valence-corrected chi connectivity index (χ0v) is 16.0. The molecule has 1 aromatic carbocycles. The van der Waals surface area contributed by atoms with Crippen LogP contribution in [0.25, 0.3) is 0 Å². The summed E-state index contributed by atoms with van der Waals surface area (Å²) in [6, 6.07) is 8.09. The lowest BCUT2D eigenvalue weighted by Gasteiger charge is -2.39. The highest BCUT2D eigenvalue weighted by Gasteiger charge is 2.37. The van der Waals surface area contributed by atoms with Crippen LogP contribution >= 0.6 is 0 Å². The predicted octanol–water partition coefficient (Wildman–Crippen LogP) is 5.42. The zero-order chi connectivity index (χ0) is 19.5. The van der Waals surface area contributed by atoms with Gasteiger partial charge in [0.2, 0.25) is 5.92 Å². The standard InChI is InChI=1S/C21H29F2N3/c1-5-20(4,14-24)16-6-7-19(18(25)12-16)26(13-15(2)3)17-8-10-21(22,23)11-9-17/h6-7,12,17H,2,5,8-11,13,25H2,1,3-4H3. The molecule has 1 fully saturated rings. The van der Waals surface area contributed by atoms with Crippen molar-refractivity contribution in [1.82, 2.24) is 0 Å². The third kappa shape index (κ3) is 4.35. The predicted molar refractivity (Wildman–Crippen MR) is 103 cm³/mol. The lowest BCUT2D eigenvalue weighted by Crippen LogP contribution is -2.42. The van der Waals surface area contributed by atoms with Crippen molar-refractivity contribution in [2.75, 3.05) is 17.2 Å². The number of nitrogen functional groups attached to an aromatic ring is 1. The molecule has 3 nitrogen and oxygen atoms in total. The van der Waals surface area contributed by atoms with E-state index in [1.54, 1.807) is 0 Å². The second-order valence-electron chi connectivity index (χ2n) is 7.74. The van der Waals surface area contributed by atoms with Crippen LogP contribution < -0.4 is 10.6 Å². The summed E-state index contributed by atoms with van der Waals surface area (Å²) in [6.07, 6.45) is 1.38. The van der Waals surface area contributed by atoms with Gasteiger partial charge >= 0.3 is 0 Å². The van der Waals surface area contributed by atoms with Crippen LogP contribution in [0.4, 0.5) is 20.2 Å². The number of nitrogens with two attached hydrogens (primary N) is 1. The first-order valence-electron chi connectivity index (χ1n) is 9.22. The number of benzene rings is 1. The molecule has 1 atom stereocenters. The molecule has 1 saturated carbocycles. The van der Waals surface area contributed by atoms with E-state index in [1.165, 1.54) is 0 Å². The van der Waals surface area contributed by atoms with Crippen LogP contribution in [0.15, 0.2) is 30.4 Å². The molecule has 0 saturated heterocycles. The van der Waals surface area contributed by atoms with Crippen molar-refractivity contribution in [3.63, 3.8) is 0 Å². The first-order chi connectivity index (χ1) is 12.1. The molecule has 0 spiro atoms.